The molecule has 17 heavy (non-hydrogen) atoms. The third kappa shape index (κ3) is 3.86. The molecule has 3 N–H and O–H groups in total. The SMILES string of the molecule is CCC(C)c1cccc(CC(NC)C(N)=O)c1. The number of benzene rings is 1. The maximum atomic E-state index is 11.2. The van der Waals surface area contributed by atoms with Crippen molar-refractivity contribution >= 4 is 5.91 Å². The van der Waals surface area contributed by atoms with Gasteiger partial charge >= 0.3 is 0 Å². The number of likely N-dealkylation sites (N-methyl/N-ethyl adjacent to an activating group) is 1. The van der Waals surface area contributed by atoms with E-state index >= 15 is 0 Å². The molecule has 0 aromatic heterocycles. The van der Waals surface area contributed by atoms with Gasteiger partial charge in [0.05, 0.1) is 6.04 Å². The molecule has 0 fully saturated rings. The van der Waals surface area contributed by atoms with Crippen LogP contribution in [0.3, 0.4) is 0 Å². The molecule has 1 amide bonds. The van der Waals surface area contributed by atoms with Crippen LogP contribution in [0.25, 0.3) is 0 Å². The molecule has 0 bridgehead atoms. The van der Waals surface area contributed by atoms with Gasteiger partial charge in [-0.15, -0.1) is 0 Å². The fourth-order valence-corrected chi connectivity index (χ4v) is 1.84. The minimum absolute atomic E-state index is 0.290. The Morgan fingerprint density at radius 1 is 1.47 bits per heavy atom. The van der Waals surface area contributed by atoms with E-state index in [0.29, 0.717) is 12.3 Å². The fraction of sp³-hybridized carbons (Fsp3) is 0.500. The fourth-order valence-electron chi connectivity index (χ4n) is 1.84. The number of primary amides is 1. The zero-order valence-electron chi connectivity index (χ0n) is 10.9. The van der Waals surface area contributed by atoms with Gasteiger partial charge in [0, 0.05) is 0 Å². The van der Waals surface area contributed by atoms with Crippen molar-refractivity contribution in [3.05, 3.63) is 35.4 Å². The largest absolute Gasteiger partial charge is 0.368 e. The molecule has 3 heteroatoms. The van der Waals surface area contributed by atoms with Gasteiger partial charge in [0.25, 0.3) is 0 Å². The summed E-state index contributed by atoms with van der Waals surface area (Å²) in [7, 11) is 1.76. The highest BCUT2D eigenvalue weighted by molar-refractivity contribution is 5.80. The molecule has 0 heterocycles. The van der Waals surface area contributed by atoms with Crippen LogP contribution >= 0.6 is 0 Å². The van der Waals surface area contributed by atoms with Gasteiger partial charge in [0.1, 0.15) is 0 Å². The quantitative estimate of drug-likeness (QED) is 0.789. The highest BCUT2D eigenvalue weighted by Gasteiger charge is 2.13. The lowest BCUT2D eigenvalue weighted by Crippen LogP contribution is -2.40. The minimum Gasteiger partial charge on any atom is -0.368 e. The molecule has 0 spiro atoms. The molecule has 1 aromatic carbocycles. The first-order chi connectivity index (χ1) is 8.08. The molecule has 0 aliphatic heterocycles. The summed E-state index contributed by atoms with van der Waals surface area (Å²) in [5.41, 5.74) is 7.79. The average molecular weight is 234 g/mol. The predicted octanol–water partition coefficient (Wildman–Crippen LogP) is 1.82. The van der Waals surface area contributed by atoms with Gasteiger partial charge < -0.3 is 11.1 Å². The summed E-state index contributed by atoms with van der Waals surface area (Å²) in [6.45, 7) is 4.39. The Morgan fingerprint density at radius 2 is 2.18 bits per heavy atom. The average Bonchev–Trinajstić information content (AvgIpc) is 2.34. The first-order valence-corrected chi connectivity index (χ1v) is 6.13. The Balaban J connectivity index is 2.81. The summed E-state index contributed by atoms with van der Waals surface area (Å²) in [5.74, 6) is 0.248. The summed E-state index contributed by atoms with van der Waals surface area (Å²) in [5, 5.41) is 2.94. The molecule has 0 aliphatic carbocycles. The van der Waals surface area contributed by atoms with Crippen LogP contribution in [0.4, 0.5) is 0 Å². The van der Waals surface area contributed by atoms with Crippen LogP contribution in [0.15, 0.2) is 24.3 Å². The maximum Gasteiger partial charge on any atom is 0.234 e. The van der Waals surface area contributed by atoms with E-state index in [0.717, 1.165) is 12.0 Å². The van der Waals surface area contributed by atoms with Crippen LogP contribution in [-0.2, 0) is 11.2 Å². The Labute approximate surface area is 103 Å². The van der Waals surface area contributed by atoms with Crippen molar-refractivity contribution in [1.29, 1.82) is 0 Å². The summed E-state index contributed by atoms with van der Waals surface area (Å²) < 4.78 is 0. The van der Waals surface area contributed by atoms with E-state index < -0.39 is 0 Å². The number of nitrogens with one attached hydrogen (secondary N) is 1. The van der Waals surface area contributed by atoms with Crippen LogP contribution in [-0.4, -0.2) is 19.0 Å². The molecule has 94 valence electrons. The van der Waals surface area contributed by atoms with Crippen molar-refractivity contribution < 1.29 is 4.79 Å². The number of hydrogen-bond acceptors (Lipinski definition) is 2. The standard InChI is InChI=1S/C14H22N2O/c1-4-10(2)12-7-5-6-11(8-12)9-13(16-3)14(15)17/h5-8,10,13,16H,4,9H2,1-3H3,(H2,15,17). The summed E-state index contributed by atoms with van der Waals surface area (Å²) in [6.07, 6.45) is 1.77. The third-order valence-corrected chi connectivity index (χ3v) is 3.26. The van der Waals surface area contributed by atoms with Gasteiger partial charge in [-0.3, -0.25) is 4.79 Å². The molecule has 1 aromatic rings. The third-order valence-electron chi connectivity index (χ3n) is 3.26. The Morgan fingerprint density at radius 3 is 2.71 bits per heavy atom. The molecule has 2 unspecified atom stereocenters. The molecule has 0 radical (unpaired) electrons. The number of hydrogen-bond donors (Lipinski definition) is 2. The van der Waals surface area contributed by atoms with Crippen LogP contribution in [0, 0.1) is 0 Å². The number of rotatable bonds is 6. The van der Waals surface area contributed by atoms with Crippen molar-refractivity contribution in [2.24, 2.45) is 5.73 Å². The monoisotopic (exact) mass is 234 g/mol. The highest BCUT2D eigenvalue weighted by Crippen LogP contribution is 2.20. The number of carbonyl (C=O) groups is 1. The second-order valence-electron chi connectivity index (χ2n) is 4.50. The van der Waals surface area contributed by atoms with Crippen LogP contribution < -0.4 is 11.1 Å². The highest BCUT2D eigenvalue weighted by atomic mass is 16.1. The Kier molecular flexibility index (Phi) is 5.16. The first kappa shape index (κ1) is 13.7. The topological polar surface area (TPSA) is 55.1 Å². The van der Waals surface area contributed by atoms with E-state index in [9.17, 15) is 4.79 Å². The predicted molar refractivity (Wildman–Crippen MR) is 70.9 cm³/mol. The van der Waals surface area contributed by atoms with Crippen molar-refractivity contribution in [2.45, 2.75) is 38.6 Å². The van der Waals surface area contributed by atoms with Crippen LogP contribution in [0.2, 0.25) is 0 Å². The first-order valence-electron chi connectivity index (χ1n) is 6.13. The van der Waals surface area contributed by atoms with Crippen molar-refractivity contribution in [3.63, 3.8) is 0 Å². The molecule has 3 nitrogen and oxygen atoms in total. The Bertz CT molecular complexity index is 376. The van der Waals surface area contributed by atoms with Gasteiger partial charge in [-0.05, 0) is 36.9 Å². The normalized spacial score (nSPS) is 14.3. The number of amides is 1. The summed E-state index contributed by atoms with van der Waals surface area (Å²) in [4.78, 5) is 11.2. The zero-order chi connectivity index (χ0) is 12.8. The number of carbonyl (C=O) groups excluding carboxylic acids is 1. The maximum absolute atomic E-state index is 11.2. The van der Waals surface area contributed by atoms with E-state index in [1.165, 1.54) is 5.56 Å². The molecule has 0 aliphatic rings. The lowest BCUT2D eigenvalue weighted by molar-refractivity contribution is -0.119. The van der Waals surface area contributed by atoms with E-state index in [-0.39, 0.29) is 11.9 Å². The molecular formula is C14H22N2O. The van der Waals surface area contributed by atoms with Crippen molar-refractivity contribution in [2.75, 3.05) is 7.05 Å². The molecular weight excluding hydrogens is 212 g/mol. The Hall–Kier alpha value is -1.35. The lowest BCUT2D eigenvalue weighted by atomic mass is 9.95. The van der Waals surface area contributed by atoms with E-state index in [4.69, 9.17) is 5.73 Å². The minimum atomic E-state index is -0.304. The van der Waals surface area contributed by atoms with Crippen LogP contribution in [0.5, 0.6) is 0 Å². The molecule has 0 saturated carbocycles. The van der Waals surface area contributed by atoms with Gasteiger partial charge in [-0.1, -0.05) is 38.1 Å². The van der Waals surface area contributed by atoms with E-state index in [2.05, 4.69) is 31.3 Å². The van der Waals surface area contributed by atoms with Gasteiger partial charge in [0.2, 0.25) is 5.91 Å². The van der Waals surface area contributed by atoms with Gasteiger partial charge in [0.15, 0.2) is 0 Å². The van der Waals surface area contributed by atoms with Gasteiger partial charge in [-0.25, -0.2) is 0 Å². The summed E-state index contributed by atoms with van der Waals surface area (Å²) >= 11 is 0. The lowest BCUT2D eigenvalue weighted by Gasteiger charge is -2.14. The van der Waals surface area contributed by atoms with Gasteiger partial charge in [-0.2, -0.15) is 0 Å². The molecule has 1 rings (SSSR count). The molecule has 0 saturated heterocycles. The zero-order valence-corrected chi connectivity index (χ0v) is 10.9. The van der Waals surface area contributed by atoms with E-state index in [1.807, 2.05) is 12.1 Å². The van der Waals surface area contributed by atoms with Crippen LogP contribution in [0.1, 0.15) is 37.3 Å². The summed E-state index contributed by atoms with van der Waals surface area (Å²) in [6, 6.07) is 8.10. The second-order valence-corrected chi connectivity index (χ2v) is 4.50. The smallest absolute Gasteiger partial charge is 0.234 e. The number of nitrogens with two attached hydrogens (primary N) is 1. The van der Waals surface area contributed by atoms with Crippen molar-refractivity contribution in [3.8, 4) is 0 Å². The molecule has 2 atom stereocenters. The van der Waals surface area contributed by atoms with Crippen molar-refractivity contribution in [1.82, 2.24) is 5.32 Å². The van der Waals surface area contributed by atoms with E-state index in [1.54, 1.807) is 7.05 Å². The second kappa shape index (κ2) is 6.40.